The summed E-state index contributed by atoms with van der Waals surface area (Å²) in [5.41, 5.74) is 2.35. The van der Waals surface area contributed by atoms with Gasteiger partial charge in [-0.1, -0.05) is 24.2 Å². The lowest BCUT2D eigenvalue weighted by Crippen LogP contribution is -2.32. The number of nitrogens with one attached hydrogen (secondary N) is 2. The maximum absolute atomic E-state index is 12.3. The van der Waals surface area contributed by atoms with Gasteiger partial charge in [-0.15, -0.1) is 0 Å². The smallest absolute Gasteiger partial charge is 0.286 e. The molecule has 0 radical (unpaired) electrons. The molecule has 1 aliphatic rings. The molecule has 0 saturated carbocycles. The van der Waals surface area contributed by atoms with Crippen LogP contribution in [0.15, 0.2) is 46.0 Å². The minimum atomic E-state index is -0.281. The van der Waals surface area contributed by atoms with Gasteiger partial charge in [0.15, 0.2) is 5.76 Å². The fraction of sp³-hybridized carbons (Fsp3) is 0.316. The number of carbonyl (C=O) groups excluding carboxylic acids is 2. The zero-order valence-corrected chi connectivity index (χ0v) is 14.7. The van der Waals surface area contributed by atoms with Crippen molar-refractivity contribution in [3.63, 3.8) is 0 Å². The maximum atomic E-state index is 12.3. The third kappa shape index (κ3) is 3.93. The molecule has 1 atom stereocenters. The second kappa shape index (κ2) is 7.86. The van der Waals surface area contributed by atoms with Crippen LogP contribution in [0.3, 0.4) is 0 Å². The molecule has 0 unspecified atom stereocenters. The molecule has 2 amide bonds. The normalized spacial score (nSPS) is 15.9. The van der Waals surface area contributed by atoms with E-state index < -0.39 is 0 Å². The first kappa shape index (κ1) is 17.7. The second-order valence-electron chi connectivity index (χ2n) is 5.97. The van der Waals surface area contributed by atoms with Gasteiger partial charge in [0.1, 0.15) is 11.9 Å². The Labute approximate surface area is 151 Å². The van der Waals surface area contributed by atoms with E-state index in [-0.39, 0.29) is 23.7 Å². The standard InChI is InChI=1S/C19H21N3O4/c1-3-14-10-15(26-22-14)11-21-18(23)13-6-4-12(5-7-13)16-8-9-17(25-16)19(24)20-2/h4-9,15H,3,10-11H2,1-2H3,(H,20,24)(H,21,23)/t15-/m0/s1. The van der Waals surface area contributed by atoms with Gasteiger partial charge in [-0.2, -0.15) is 0 Å². The summed E-state index contributed by atoms with van der Waals surface area (Å²) < 4.78 is 5.52. The molecule has 0 saturated heterocycles. The quantitative estimate of drug-likeness (QED) is 0.833. The third-order valence-corrected chi connectivity index (χ3v) is 4.18. The van der Waals surface area contributed by atoms with Crippen molar-refractivity contribution in [3.8, 4) is 11.3 Å². The molecule has 7 nitrogen and oxygen atoms in total. The van der Waals surface area contributed by atoms with E-state index in [9.17, 15) is 9.59 Å². The first-order valence-corrected chi connectivity index (χ1v) is 8.52. The van der Waals surface area contributed by atoms with Crippen molar-refractivity contribution in [1.29, 1.82) is 0 Å². The van der Waals surface area contributed by atoms with E-state index in [0.29, 0.717) is 17.9 Å². The van der Waals surface area contributed by atoms with Gasteiger partial charge < -0.3 is 19.9 Å². The van der Waals surface area contributed by atoms with Crippen molar-refractivity contribution in [3.05, 3.63) is 47.7 Å². The molecule has 2 N–H and O–H groups in total. The lowest BCUT2D eigenvalue weighted by Gasteiger charge is -2.10. The Morgan fingerprint density at radius 3 is 2.58 bits per heavy atom. The zero-order valence-electron chi connectivity index (χ0n) is 14.7. The predicted molar refractivity (Wildman–Crippen MR) is 97.1 cm³/mol. The summed E-state index contributed by atoms with van der Waals surface area (Å²) >= 11 is 0. The van der Waals surface area contributed by atoms with Crippen LogP contribution in [0.2, 0.25) is 0 Å². The molecule has 7 heteroatoms. The number of amides is 2. The van der Waals surface area contributed by atoms with E-state index in [1.165, 1.54) is 0 Å². The van der Waals surface area contributed by atoms with Gasteiger partial charge in [-0.3, -0.25) is 9.59 Å². The number of benzene rings is 1. The molecule has 3 rings (SSSR count). The molecule has 2 aromatic rings. The van der Waals surface area contributed by atoms with Crippen molar-refractivity contribution in [2.45, 2.75) is 25.9 Å². The fourth-order valence-corrected chi connectivity index (χ4v) is 2.64. The van der Waals surface area contributed by atoms with Crippen molar-refractivity contribution in [1.82, 2.24) is 10.6 Å². The lowest BCUT2D eigenvalue weighted by molar-refractivity contribution is 0.0753. The highest BCUT2D eigenvalue weighted by atomic mass is 16.6. The number of hydrogen-bond acceptors (Lipinski definition) is 5. The largest absolute Gasteiger partial charge is 0.451 e. The summed E-state index contributed by atoms with van der Waals surface area (Å²) in [6, 6.07) is 10.3. The van der Waals surface area contributed by atoms with Crippen LogP contribution in [-0.4, -0.2) is 37.2 Å². The average Bonchev–Trinajstić information content (AvgIpc) is 3.35. The highest BCUT2D eigenvalue weighted by molar-refractivity contribution is 5.95. The zero-order chi connectivity index (χ0) is 18.5. The average molecular weight is 355 g/mol. The molecule has 1 aromatic carbocycles. The first-order chi connectivity index (χ1) is 12.6. The van der Waals surface area contributed by atoms with E-state index in [4.69, 9.17) is 9.25 Å². The van der Waals surface area contributed by atoms with Gasteiger partial charge in [0, 0.05) is 24.6 Å². The van der Waals surface area contributed by atoms with Gasteiger partial charge >= 0.3 is 0 Å². The van der Waals surface area contributed by atoms with Crippen LogP contribution >= 0.6 is 0 Å². The maximum Gasteiger partial charge on any atom is 0.286 e. The topological polar surface area (TPSA) is 92.9 Å². The van der Waals surface area contributed by atoms with Crippen molar-refractivity contribution < 1.29 is 18.8 Å². The Kier molecular flexibility index (Phi) is 5.36. The Morgan fingerprint density at radius 2 is 1.92 bits per heavy atom. The number of hydrogen-bond donors (Lipinski definition) is 2. The SMILES string of the molecule is CCC1=NO[C@H](CNC(=O)c2ccc(-c3ccc(C(=O)NC)o3)cc2)C1. The molecule has 0 spiro atoms. The highest BCUT2D eigenvalue weighted by Gasteiger charge is 2.20. The lowest BCUT2D eigenvalue weighted by atomic mass is 10.1. The second-order valence-corrected chi connectivity index (χ2v) is 5.97. The number of furan rings is 1. The number of rotatable bonds is 6. The third-order valence-electron chi connectivity index (χ3n) is 4.18. The molecule has 1 aromatic heterocycles. The predicted octanol–water partition coefficient (Wildman–Crippen LogP) is 2.59. The van der Waals surface area contributed by atoms with E-state index in [1.54, 1.807) is 43.4 Å². The van der Waals surface area contributed by atoms with E-state index in [1.807, 2.05) is 6.92 Å². The highest BCUT2D eigenvalue weighted by Crippen LogP contribution is 2.22. The van der Waals surface area contributed by atoms with Crippen molar-refractivity contribution in [2.24, 2.45) is 5.16 Å². The minimum Gasteiger partial charge on any atom is -0.451 e. The van der Waals surface area contributed by atoms with Gasteiger partial charge in [0.05, 0.1) is 12.3 Å². The molecule has 0 fully saturated rings. The van der Waals surface area contributed by atoms with Gasteiger partial charge in [-0.25, -0.2) is 0 Å². The van der Waals surface area contributed by atoms with Crippen molar-refractivity contribution >= 4 is 17.5 Å². The van der Waals surface area contributed by atoms with Gasteiger partial charge in [-0.05, 0) is 30.7 Å². The Bertz CT molecular complexity index is 824. The van der Waals surface area contributed by atoms with E-state index in [0.717, 1.165) is 24.1 Å². The summed E-state index contributed by atoms with van der Waals surface area (Å²) in [4.78, 5) is 29.1. The molecular weight excluding hydrogens is 334 g/mol. The summed E-state index contributed by atoms with van der Waals surface area (Å²) in [5.74, 6) is 0.362. The van der Waals surface area contributed by atoms with Crippen molar-refractivity contribution in [2.75, 3.05) is 13.6 Å². The van der Waals surface area contributed by atoms with Crippen LogP contribution in [-0.2, 0) is 4.84 Å². The van der Waals surface area contributed by atoms with Crippen LogP contribution < -0.4 is 10.6 Å². The van der Waals surface area contributed by atoms with E-state index >= 15 is 0 Å². The molecule has 1 aliphatic heterocycles. The summed E-state index contributed by atoms with van der Waals surface area (Å²) in [6.07, 6.45) is 1.52. The molecule has 0 bridgehead atoms. The molecular formula is C19H21N3O4. The van der Waals surface area contributed by atoms with Crippen LogP contribution in [0.5, 0.6) is 0 Å². The van der Waals surface area contributed by atoms with E-state index in [2.05, 4.69) is 15.8 Å². The minimum absolute atomic E-state index is 0.0978. The number of carbonyl (C=O) groups is 2. The number of oxime groups is 1. The summed E-state index contributed by atoms with van der Waals surface area (Å²) in [5, 5.41) is 9.35. The van der Waals surface area contributed by atoms with Crippen LogP contribution in [0.25, 0.3) is 11.3 Å². The molecule has 26 heavy (non-hydrogen) atoms. The monoisotopic (exact) mass is 355 g/mol. The first-order valence-electron chi connectivity index (χ1n) is 8.52. The van der Waals surface area contributed by atoms with Crippen LogP contribution in [0, 0.1) is 0 Å². The van der Waals surface area contributed by atoms with Gasteiger partial charge in [0.25, 0.3) is 11.8 Å². The number of nitrogens with zero attached hydrogens (tertiary/aromatic N) is 1. The molecule has 136 valence electrons. The molecule has 2 heterocycles. The fourth-order valence-electron chi connectivity index (χ4n) is 2.64. The Hall–Kier alpha value is -3.09. The Morgan fingerprint density at radius 1 is 1.15 bits per heavy atom. The molecule has 0 aliphatic carbocycles. The summed E-state index contributed by atoms with van der Waals surface area (Å²) in [7, 11) is 1.55. The van der Waals surface area contributed by atoms with Crippen LogP contribution in [0.4, 0.5) is 0 Å². The summed E-state index contributed by atoms with van der Waals surface area (Å²) in [6.45, 7) is 2.45. The van der Waals surface area contributed by atoms with Crippen LogP contribution in [0.1, 0.15) is 40.7 Å². The van der Waals surface area contributed by atoms with Gasteiger partial charge in [0.2, 0.25) is 0 Å². The Balaban J connectivity index is 1.58.